The summed E-state index contributed by atoms with van der Waals surface area (Å²) in [6, 6.07) is 8.03. The van der Waals surface area contributed by atoms with Gasteiger partial charge in [0, 0.05) is 22.5 Å². The van der Waals surface area contributed by atoms with Gasteiger partial charge in [-0.25, -0.2) is 0 Å². The molecule has 0 atom stereocenters. The number of methoxy groups -OCH3 is 1. The van der Waals surface area contributed by atoms with Gasteiger partial charge in [-0.3, -0.25) is 4.98 Å². The first-order valence-electron chi connectivity index (χ1n) is 6.09. The van der Waals surface area contributed by atoms with Crippen LogP contribution in [-0.2, 0) is 5.75 Å². The standard InChI is InChI=1S/C15H18N2OS/c1-10-8-17-14(11(2)15(10)16)9-19-13-6-4-5-12(7-13)18-3/h4-8H,9H2,1-3H3,(H2,16,17). The van der Waals surface area contributed by atoms with Crippen molar-refractivity contribution in [2.75, 3.05) is 12.8 Å². The van der Waals surface area contributed by atoms with E-state index in [1.165, 1.54) is 4.90 Å². The molecular formula is C15H18N2OS. The minimum absolute atomic E-state index is 0.809. The number of nitrogens with two attached hydrogens (primary N) is 1. The Labute approximate surface area is 118 Å². The average Bonchev–Trinajstić information content (AvgIpc) is 2.44. The third-order valence-corrected chi connectivity index (χ3v) is 4.10. The van der Waals surface area contributed by atoms with Crippen molar-refractivity contribution in [2.45, 2.75) is 24.5 Å². The molecule has 1 aromatic carbocycles. The minimum atomic E-state index is 0.809. The zero-order valence-electron chi connectivity index (χ0n) is 11.4. The molecule has 0 aliphatic carbocycles. The maximum absolute atomic E-state index is 6.03. The van der Waals surface area contributed by atoms with Gasteiger partial charge in [0.2, 0.25) is 0 Å². The number of ether oxygens (including phenoxy) is 1. The lowest BCUT2D eigenvalue weighted by Crippen LogP contribution is -2.00. The van der Waals surface area contributed by atoms with Crippen LogP contribution in [0.1, 0.15) is 16.8 Å². The number of anilines is 1. The number of hydrogen-bond acceptors (Lipinski definition) is 4. The molecule has 0 unspecified atom stereocenters. The summed E-state index contributed by atoms with van der Waals surface area (Å²) in [6.45, 7) is 4.01. The number of aryl methyl sites for hydroxylation is 1. The van der Waals surface area contributed by atoms with Crippen molar-refractivity contribution in [3.05, 3.63) is 47.3 Å². The van der Waals surface area contributed by atoms with Gasteiger partial charge in [0.15, 0.2) is 0 Å². The van der Waals surface area contributed by atoms with Gasteiger partial charge >= 0.3 is 0 Å². The van der Waals surface area contributed by atoms with E-state index >= 15 is 0 Å². The average molecular weight is 274 g/mol. The minimum Gasteiger partial charge on any atom is -0.497 e. The van der Waals surface area contributed by atoms with Crippen LogP contribution < -0.4 is 10.5 Å². The van der Waals surface area contributed by atoms with Crippen molar-refractivity contribution in [3.8, 4) is 5.75 Å². The third kappa shape index (κ3) is 3.20. The smallest absolute Gasteiger partial charge is 0.119 e. The molecule has 0 saturated carbocycles. The molecule has 2 N–H and O–H groups in total. The molecule has 1 aromatic heterocycles. The highest BCUT2D eigenvalue weighted by Crippen LogP contribution is 2.28. The molecule has 0 saturated heterocycles. The lowest BCUT2D eigenvalue weighted by Gasteiger charge is -2.10. The van der Waals surface area contributed by atoms with E-state index < -0.39 is 0 Å². The number of nitrogen functional groups attached to an aromatic ring is 1. The summed E-state index contributed by atoms with van der Waals surface area (Å²) in [6.07, 6.45) is 1.84. The van der Waals surface area contributed by atoms with Crippen molar-refractivity contribution in [1.29, 1.82) is 0 Å². The summed E-state index contributed by atoms with van der Waals surface area (Å²) >= 11 is 1.73. The number of pyridine rings is 1. The zero-order chi connectivity index (χ0) is 13.8. The van der Waals surface area contributed by atoms with Crippen molar-refractivity contribution in [1.82, 2.24) is 4.98 Å². The summed E-state index contributed by atoms with van der Waals surface area (Å²) in [7, 11) is 1.68. The van der Waals surface area contributed by atoms with Crippen molar-refractivity contribution >= 4 is 17.4 Å². The summed E-state index contributed by atoms with van der Waals surface area (Å²) in [5, 5.41) is 0. The number of benzene rings is 1. The molecule has 19 heavy (non-hydrogen) atoms. The van der Waals surface area contributed by atoms with Gasteiger partial charge in [-0.1, -0.05) is 6.07 Å². The largest absolute Gasteiger partial charge is 0.497 e. The van der Waals surface area contributed by atoms with Crippen LogP contribution in [0.2, 0.25) is 0 Å². The van der Waals surface area contributed by atoms with E-state index in [0.29, 0.717) is 0 Å². The van der Waals surface area contributed by atoms with Crippen LogP contribution in [0.3, 0.4) is 0 Å². The summed E-state index contributed by atoms with van der Waals surface area (Å²) in [4.78, 5) is 5.63. The first-order chi connectivity index (χ1) is 9.11. The Morgan fingerprint density at radius 3 is 2.84 bits per heavy atom. The maximum atomic E-state index is 6.03. The van der Waals surface area contributed by atoms with Gasteiger partial charge in [-0.05, 0) is 43.2 Å². The predicted octanol–water partition coefficient (Wildman–Crippen LogP) is 3.58. The highest BCUT2D eigenvalue weighted by atomic mass is 32.2. The number of nitrogens with zero attached hydrogens (tertiary/aromatic N) is 1. The van der Waals surface area contributed by atoms with Crippen LogP contribution in [0.25, 0.3) is 0 Å². The first-order valence-corrected chi connectivity index (χ1v) is 7.07. The van der Waals surface area contributed by atoms with Crippen LogP contribution in [-0.4, -0.2) is 12.1 Å². The predicted molar refractivity (Wildman–Crippen MR) is 80.7 cm³/mol. The van der Waals surface area contributed by atoms with E-state index in [4.69, 9.17) is 10.5 Å². The molecule has 0 aliphatic heterocycles. The van der Waals surface area contributed by atoms with Crippen LogP contribution in [0, 0.1) is 13.8 Å². The van der Waals surface area contributed by atoms with E-state index in [2.05, 4.69) is 11.1 Å². The molecular weight excluding hydrogens is 256 g/mol. The zero-order valence-corrected chi connectivity index (χ0v) is 12.3. The third-order valence-electron chi connectivity index (χ3n) is 3.09. The molecule has 0 radical (unpaired) electrons. The second-order valence-electron chi connectivity index (χ2n) is 4.39. The monoisotopic (exact) mass is 274 g/mol. The Balaban J connectivity index is 2.12. The van der Waals surface area contributed by atoms with E-state index in [1.54, 1.807) is 18.9 Å². The molecule has 2 rings (SSSR count). The van der Waals surface area contributed by atoms with Gasteiger partial charge in [-0.2, -0.15) is 0 Å². The molecule has 2 aromatic rings. The van der Waals surface area contributed by atoms with E-state index in [1.807, 2.05) is 38.2 Å². The van der Waals surface area contributed by atoms with Gasteiger partial charge in [-0.15, -0.1) is 11.8 Å². The van der Waals surface area contributed by atoms with Gasteiger partial charge in [0.05, 0.1) is 12.8 Å². The molecule has 0 bridgehead atoms. The van der Waals surface area contributed by atoms with Crippen molar-refractivity contribution < 1.29 is 4.74 Å². The maximum Gasteiger partial charge on any atom is 0.119 e. The fourth-order valence-corrected chi connectivity index (χ4v) is 2.75. The quantitative estimate of drug-likeness (QED) is 0.866. The Kier molecular flexibility index (Phi) is 4.32. The Bertz CT molecular complexity index is 584. The molecule has 4 heteroatoms. The van der Waals surface area contributed by atoms with Crippen LogP contribution in [0.4, 0.5) is 5.69 Å². The second kappa shape index (κ2) is 5.97. The highest BCUT2D eigenvalue weighted by molar-refractivity contribution is 7.98. The van der Waals surface area contributed by atoms with E-state index in [0.717, 1.165) is 34.0 Å². The SMILES string of the molecule is COc1cccc(SCc2ncc(C)c(N)c2C)c1. The molecule has 3 nitrogen and oxygen atoms in total. The van der Waals surface area contributed by atoms with Crippen LogP contribution in [0.15, 0.2) is 35.4 Å². The molecule has 0 amide bonds. The highest BCUT2D eigenvalue weighted by Gasteiger charge is 2.07. The number of aromatic nitrogens is 1. The number of hydrogen-bond donors (Lipinski definition) is 1. The normalized spacial score (nSPS) is 10.5. The molecule has 1 heterocycles. The Morgan fingerprint density at radius 2 is 2.11 bits per heavy atom. The Hall–Kier alpha value is -1.68. The first kappa shape index (κ1) is 13.7. The van der Waals surface area contributed by atoms with Gasteiger partial charge in [0.25, 0.3) is 0 Å². The van der Waals surface area contributed by atoms with Crippen LogP contribution in [0.5, 0.6) is 5.75 Å². The number of rotatable bonds is 4. The van der Waals surface area contributed by atoms with E-state index in [-0.39, 0.29) is 0 Å². The molecule has 0 aliphatic rings. The van der Waals surface area contributed by atoms with Crippen molar-refractivity contribution in [2.24, 2.45) is 0 Å². The second-order valence-corrected chi connectivity index (χ2v) is 5.44. The van der Waals surface area contributed by atoms with Gasteiger partial charge in [0.1, 0.15) is 5.75 Å². The molecule has 0 fully saturated rings. The van der Waals surface area contributed by atoms with Crippen molar-refractivity contribution in [3.63, 3.8) is 0 Å². The van der Waals surface area contributed by atoms with Gasteiger partial charge < -0.3 is 10.5 Å². The summed E-state index contributed by atoms with van der Waals surface area (Å²) in [5.41, 5.74) is 10.0. The molecule has 0 spiro atoms. The lowest BCUT2D eigenvalue weighted by atomic mass is 10.1. The summed E-state index contributed by atoms with van der Waals surface area (Å²) in [5.74, 6) is 1.68. The lowest BCUT2D eigenvalue weighted by molar-refractivity contribution is 0.413. The number of thioether (sulfide) groups is 1. The fraction of sp³-hybridized carbons (Fsp3) is 0.267. The summed E-state index contributed by atoms with van der Waals surface area (Å²) < 4.78 is 5.22. The topological polar surface area (TPSA) is 48.1 Å². The van der Waals surface area contributed by atoms with Crippen LogP contribution >= 0.6 is 11.8 Å². The fourth-order valence-electron chi connectivity index (χ4n) is 1.78. The molecule has 100 valence electrons. The van der Waals surface area contributed by atoms with E-state index in [9.17, 15) is 0 Å². The Morgan fingerprint density at radius 1 is 1.32 bits per heavy atom.